The van der Waals surface area contributed by atoms with Crippen molar-refractivity contribution in [2.24, 2.45) is 0 Å². The van der Waals surface area contributed by atoms with Gasteiger partial charge in [0.2, 0.25) is 0 Å². The van der Waals surface area contributed by atoms with Crippen LogP contribution < -0.4 is 10.1 Å². The molecule has 0 amide bonds. The van der Waals surface area contributed by atoms with Crippen LogP contribution in [0.4, 0.5) is 5.69 Å². The lowest BCUT2D eigenvalue weighted by molar-refractivity contribution is 0.0653. The largest absolute Gasteiger partial charge is 0.424 e. The summed E-state index contributed by atoms with van der Waals surface area (Å²) < 4.78 is 11.1. The number of rotatable bonds is 7. The van der Waals surface area contributed by atoms with Crippen LogP contribution in [0.15, 0.2) is 36.7 Å². The molecule has 0 aliphatic rings. The van der Waals surface area contributed by atoms with Crippen molar-refractivity contribution in [3.8, 4) is 11.8 Å². The maximum Gasteiger partial charge on any atom is 0.321 e. The van der Waals surface area contributed by atoms with Gasteiger partial charge in [-0.1, -0.05) is 0 Å². The van der Waals surface area contributed by atoms with E-state index in [4.69, 9.17) is 9.47 Å². The van der Waals surface area contributed by atoms with Crippen LogP contribution >= 0.6 is 0 Å². The van der Waals surface area contributed by atoms with Crippen molar-refractivity contribution in [3.63, 3.8) is 0 Å². The standard InChI is InChI=1S/C17H23N3O2/c1-12(2)20-15-5-7-16(8-6-15)22-17-18-9-14(10-19-17)11-21-13(3)4/h5-10,12-13,20H,11H2,1-4H3. The highest BCUT2D eigenvalue weighted by Gasteiger charge is 2.03. The molecule has 1 heterocycles. The summed E-state index contributed by atoms with van der Waals surface area (Å²) in [5.41, 5.74) is 1.99. The third kappa shape index (κ3) is 5.33. The Hall–Kier alpha value is -2.14. The summed E-state index contributed by atoms with van der Waals surface area (Å²) in [7, 11) is 0. The lowest BCUT2D eigenvalue weighted by Crippen LogP contribution is -2.09. The third-order valence-electron chi connectivity index (χ3n) is 2.78. The Morgan fingerprint density at radius 2 is 1.64 bits per heavy atom. The number of hydrogen-bond acceptors (Lipinski definition) is 5. The molecule has 22 heavy (non-hydrogen) atoms. The lowest BCUT2D eigenvalue weighted by atomic mass is 10.3. The quantitative estimate of drug-likeness (QED) is 0.837. The van der Waals surface area contributed by atoms with Gasteiger partial charge >= 0.3 is 6.01 Å². The molecule has 2 rings (SSSR count). The topological polar surface area (TPSA) is 56.3 Å². The molecular formula is C17H23N3O2. The van der Waals surface area contributed by atoms with Gasteiger partial charge in [0.1, 0.15) is 5.75 Å². The van der Waals surface area contributed by atoms with E-state index in [0.29, 0.717) is 24.4 Å². The van der Waals surface area contributed by atoms with E-state index in [1.807, 2.05) is 38.1 Å². The van der Waals surface area contributed by atoms with E-state index in [0.717, 1.165) is 11.3 Å². The average molecular weight is 301 g/mol. The van der Waals surface area contributed by atoms with Crippen molar-refractivity contribution < 1.29 is 9.47 Å². The van der Waals surface area contributed by atoms with Gasteiger partial charge in [0, 0.05) is 29.7 Å². The summed E-state index contributed by atoms with van der Waals surface area (Å²) in [4.78, 5) is 8.39. The molecule has 1 N–H and O–H groups in total. The minimum Gasteiger partial charge on any atom is -0.424 e. The second-order valence-corrected chi connectivity index (χ2v) is 5.66. The lowest BCUT2D eigenvalue weighted by Gasteiger charge is -2.10. The minimum absolute atomic E-state index is 0.189. The number of nitrogens with zero attached hydrogens (tertiary/aromatic N) is 2. The summed E-state index contributed by atoms with van der Waals surface area (Å²) in [6.07, 6.45) is 3.63. The zero-order valence-electron chi connectivity index (χ0n) is 13.5. The zero-order valence-corrected chi connectivity index (χ0v) is 13.5. The molecule has 0 aliphatic heterocycles. The predicted octanol–water partition coefficient (Wildman–Crippen LogP) is 4.01. The number of ether oxygens (including phenoxy) is 2. The summed E-state index contributed by atoms with van der Waals surface area (Å²) in [5, 5.41) is 3.33. The second kappa shape index (κ2) is 7.75. The molecule has 0 spiro atoms. The van der Waals surface area contributed by atoms with Crippen LogP contribution in [-0.4, -0.2) is 22.1 Å². The summed E-state index contributed by atoms with van der Waals surface area (Å²) in [6.45, 7) is 8.70. The van der Waals surface area contributed by atoms with E-state index in [9.17, 15) is 0 Å². The first kappa shape index (κ1) is 16.2. The van der Waals surface area contributed by atoms with E-state index in [1.165, 1.54) is 0 Å². The van der Waals surface area contributed by atoms with E-state index in [1.54, 1.807) is 12.4 Å². The molecule has 0 unspecified atom stereocenters. The van der Waals surface area contributed by atoms with Crippen molar-refractivity contribution in [1.29, 1.82) is 0 Å². The highest BCUT2D eigenvalue weighted by molar-refractivity contribution is 5.47. The molecule has 0 atom stereocenters. The van der Waals surface area contributed by atoms with Gasteiger partial charge in [-0.25, -0.2) is 9.97 Å². The van der Waals surface area contributed by atoms with E-state index in [2.05, 4.69) is 29.1 Å². The Morgan fingerprint density at radius 1 is 1.00 bits per heavy atom. The first-order valence-electron chi connectivity index (χ1n) is 7.50. The Labute approximate surface area is 131 Å². The Bertz CT molecular complexity index is 565. The highest BCUT2D eigenvalue weighted by atomic mass is 16.5. The van der Waals surface area contributed by atoms with Gasteiger partial charge in [0.15, 0.2) is 0 Å². The molecule has 1 aromatic heterocycles. The van der Waals surface area contributed by atoms with E-state index >= 15 is 0 Å². The fourth-order valence-corrected chi connectivity index (χ4v) is 1.79. The van der Waals surface area contributed by atoms with Crippen LogP contribution in [0.25, 0.3) is 0 Å². The summed E-state index contributed by atoms with van der Waals surface area (Å²) in [6, 6.07) is 8.46. The van der Waals surface area contributed by atoms with Crippen LogP contribution in [0, 0.1) is 0 Å². The normalized spacial score (nSPS) is 11.0. The highest BCUT2D eigenvalue weighted by Crippen LogP contribution is 2.20. The average Bonchev–Trinajstić information content (AvgIpc) is 2.48. The van der Waals surface area contributed by atoms with Crippen molar-refractivity contribution in [3.05, 3.63) is 42.2 Å². The van der Waals surface area contributed by atoms with Gasteiger partial charge in [-0.2, -0.15) is 0 Å². The molecule has 0 aliphatic carbocycles. The molecule has 0 saturated carbocycles. The van der Waals surface area contributed by atoms with Crippen molar-refractivity contribution in [1.82, 2.24) is 9.97 Å². The van der Waals surface area contributed by atoms with Crippen molar-refractivity contribution >= 4 is 5.69 Å². The van der Waals surface area contributed by atoms with Gasteiger partial charge in [-0.05, 0) is 52.0 Å². The smallest absolute Gasteiger partial charge is 0.321 e. The molecular weight excluding hydrogens is 278 g/mol. The molecule has 0 bridgehead atoms. The van der Waals surface area contributed by atoms with Gasteiger partial charge in [0.05, 0.1) is 12.7 Å². The first-order valence-corrected chi connectivity index (χ1v) is 7.50. The second-order valence-electron chi connectivity index (χ2n) is 5.66. The van der Waals surface area contributed by atoms with Crippen LogP contribution in [-0.2, 0) is 11.3 Å². The Kier molecular flexibility index (Phi) is 5.72. The third-order valence-corrected chi connectivity index (χ3v) is 2.78. The van der Waals surface area contributed by atoms with Crippen LogP contribution in [0.5, 0.6) is 11.8 Å². The zero-order chi connectivity index (χ0) is 15.9. The molecule has 0 radical (unpaired) electrons. The molecule has 2 aromatic rings. The maximum atomic E-state index is 5.63. The fraction of sp³-hybridized carbons (Fsp3) is 0.412. The van der Waals surface area contributed by atoms with Gasteiger partial charge in [-0.3, -0.25) is 0 Å². The number of nitrogens with one attached hydrogen (secondary N) is 1. The van der Waals surface area contributed by atoms with E-state index < -0.39 is 0 Å². The SMILES string of the molecule is CC(C)Nc1ccc(Oc2ncc(COC(C)C)cn2)cc1. The predicted molar refractivity (Wildman–Crippen MR) is 87.2 cm³/mol. The van der Waals surface area contributed by atoms with Crippen LogP contribution in [0.2, 0.25) is 0 Å². The molecule has 1 aromatic carbocycles. The summed E-state index contributed by atoms with van der Waals surface area (Å²) >= 11 is 0. The van der Waals surface area contributed by atoms with Gasteiger partial charge in [0.25, 0.3) is 0 Å². The Balaban J connectivity index is 1.93. The van der Waals surface area contributed by atoms with Crippen LogP contribution in [0.1, 0.15) is 33.3 Å². The Morgan fingerprint density at radius 3 is 2.18 bits per heavy atom. The number of benzene rings is 1. The minimum atomic E-state index is 0.189. The molecule has 0 fully saturated rings. The van der Waals surface area contributed by atoms with Crippen LogP contribution in [0.3, 0.4) is 0 Å². The maximum absolute atomic E-state index is 5.63. The number of aromatic nitrogens is 2. The van der Waals surface area contributed by atoms with Crippen molar-refractivity contribution in [2.45, 2.75) is 46.4 Å². The number of hydrogen-bond donors (Lipinski definition) is 1. The number of anilines is 1. The first-order chi connectivity index (χ1) is 10.5. The van der Waals surface area contributed by atoms with Crippen molar-refractivity contribution in [2.75, 3.05) is 5.32 Å². The van der Waals surface area contributed by atoms with Gasteiger partial charge in [-0.15, -0.1) is 0 Å². The molecule has 5 heteroatoms. The molecule has 118 valence electrons. The molecule has 0 saturated heterocycles. The van der Waals surface area contributed by atoms with Gasteiger partial charge < -0.3 is 14.8 Å². The fourth-order valence-electron chi connectivity index (χ4n) is 1.79. The summed E-state index contributed by atoms with van der Waals surface area (Å²) in [5.74, 6) is 0.709. The van der Waals surface area contributed by atoms with E-state index in [-0.39, 0.29) is 6.10 Å². The molecule has 5 nitrogen and oxygen atoms in total. The monoisotopic (exact) mass is 301 g/mol.